The van der Waals surface area contributed by atoms with Crippen LogP contribution >= 0.6 is 0 Å². The number of likely N-dealkylation sites (N-methyl/N-ethyl adjacent to an activating group) is 1. The van der Waals surface area contributed by atoms with E-state index in [2.05, 4.69) is 9.97 Å². The first-order valence-corrected chi connectivity index (χ1v) is 5.83. The molecule has 0 atom stereocenters. The van der Waals surface area contributed by atoms with Gasteiger partial charge in [-0.1, -0.05) is 13.8 Å². The van der Waals surface area contributed by atoms with Crippen molar-refractivity contribution >= 4 is 11.6 Å². The summed E-state index contributed by atoms with van der Waals surface area (Å²) < 4.78 is 0. The van der Waals surface area contributed by atoms with Gasteiger partial charge in [0.05, 0.1) is 23.0 Å². The lowest BCUT2D eigenvalue weighted by Crippen LogP contribution is -2.39. The molecular formula is C12H17N3O. The molecule has 0 N–H and O–H groups in total. The number of hydrogen-bond donors (Lipinski definition) is 0. The highest BCUT2D eigenvalue weighted by atomic mass is 16.2. The minimum Gasteiger partial charge on any atom is -0.309 e. The Balaban J connectivity index is 2.63. The van der Waals surface area contributed by atoms with Gasteiger partial charge in [0.15, 0.2) is 0 Å². The van der Waals surface area contributed by atoms with Crippen molar-refractivity contribution in [3.63, 3.8) is 0 Å². The fourth-order valence-corrected chi connectivity index (χ4v) is 2.56. The maximum atomic E-state index is 12.4. The van der Waals surface area contributed by atoms with E-state index in [-0.39, 0.29) is 5.91 Å². The SMILES string of the molecule is CCN1C(=O)C(CC)(CC)c2ncncc21. The first-order valence-electron chi connectivity index (χ1n) is 5.83. The molecule has 1 aromatic heterocycles. The molecule has 16 heavy (non-hydrogen) atoms. The molecular weight excluding hydrogens is 202 g/mol. The molecule has 0 unspecified atom stereocenters. The fraction of sp³-hybridized carbons (Fsp3) is 0.583. The molecule has 1 aromatic rings. The minimum atomic E-state index is -0.422. The minimum absolute atomic E-state index is 0.176. The molecule has 0 radical (unpaired) electrons. The number of anilines is 1. The van der Waals surface area contributed by atoms with Crippen LogP contribution in [-0.4, -0.2) is 22.4 Å². The molecule has 2 heterocycles. The maximum absolute atomic E-state index is 12.4. The van der Waals surface area contributed by atoms with E-state index in [0.29, 0.717) is 6.54 Å². The van der Waals surface area contributed by atoms with Gasteiger partial charge in [0, 0.05) is 6.54 Å². The molecule has 1 amide bonds. The van der Waals surface area contributed by atoms with Crippen molar-refractivity contribution < 1.29 is 4.79 Å². The normalized spacial score (nSPS) is 17.7. The molecule has 4 heteroatoms. The Labute approximate surface area is 95.7 Å². The Morgan fingerprint density at radius 3 is 2.56 bits per heavy atom. The van der Waals surface area contributed by atoms with Crippen molar-refractivity contribution in [3.8, 4) is 0 Å². The van der Waals surface area contributed by atoms with Crippen LogP contribution in [0.25, 0.3) is 0 Å². The van der Waals surface area contributed by atoms with Crippen LogP contribution in [0.4, 0.5) is 5.69 Å². The molecule has 0 saturated heterocycles. The Morgan fingerprint density at radius 2 is 2.00 bits per heavy atom. The van der Waals surface area contributed by atoms with Gasteiger partial charge in [-0.25, -0.2) is 9.97 Å². The number of rotatable bonds is 3. The zero-order chi connectivity index (χ0) is 11.8. The summed E-state index contributed by atoms with van der Waals surface area (Å²) in [6, 6.07) is 0. The Hall–Kier alpha value is -1.45. The number of nitrogens with zero attached hydrogens (tertiary/aromatic N) is 3. The molecule has 1 aliphatic heterocycles. The number of amides is 1. The number of aromatic nitrogens is 2. The molecule has 0 saturated carbocycles. The van der Waals surface area contributed by atoms with Gasteiger partial charge in [0.25, 0.3) is 0 Å². The van der Waals surface area contributed by atoms with Crippen molar-refractivity contribution in [1.82, 2.24) is 9.97 Å². The second-order valence-electron chi connectivity index (χ2n) is 4.10. The highest BCUT2D eigenvalue weighted by Crippen LogP contribution is 2.44. The summed E-state index contributed by atoms with van der Waals surface area (Å²) in [5, 5.41) is 0. The van der Waals surface area contributed by atoms with E-state index in [0.717, 1.165) is 24.2 Å². The lowest BCUT2D eigenvalue weighted by molar-refractivity contribution is -0.123. The second-order valence-corrected chi connectivity index (χ2v) is 4.10. The molecule has 0 spiro atoms. The highest BCUT2D eigenvalue weighted by Gasteiger charge is 2.49. The third-order valence-electron chi connectivity index (χ3n) is 3.61. The van der Waals surface area contributed by atoms with Crippen LogP contribution in [0.15, 0.2) is 12.5 Å². The van der Waals surface area contributed by atoms with Gasteiger partial charge in [-0.05, 0) is 19.8 Å². The predicted octanol–water partition coefficient (Wildman–Crippen LogP) is 1.90. The summed E-state index contributed by atoms with van der Waals surface area (Å²) in [4.78, 5) is 22.6. The van der Waals surface area contributed by atoms with E-state index in [4.69, 9.17) is 0 Å². The largest absolute Gasteiger partial charge is 0.309 e. The lowest BCUT2D eigenvalue weighted by atomic mass is 9.80. The molecule has 86 valence electrons. The van der Waals surface area contributed by atoms with Crippen molar-refractivity contribution in [3.05, 3.63) is 18.2 Å². The third-order valence-corrected chi connectivity index (χ3v) is 3.61. The van der Waals surface area contributed by atoms with Gasteiger partial charge in [0.1, 0.15) is 6.33 Å². The van der Waals surface area contributed by atoms with Crippen molar-refractivity contribution in [1.29, 1.82) is 0 Å². The first kappa shape index (κ1) is 11.0. The molecule has 0 aliphatic carbocycles. The Morgan fingerprint density at radius 1 is 1.31 bits per heavy atom. The van der Waals surface area contributed by atoms with Gasteiger partial charge in [-0.15, -0.1) is 0 Å². The highest BCUT2D eigenvalue weighted by molar-refractivity contribution is 6.07. The van der Waals surface area contributed by atoms with Crippen LogP contribution < -0.4 is 4.90 Å². The van der Waals surface area contributed by atoms with Crippen molar-refractivity contribution in [2.24, 2.45) is 0 Å². The second kappa shape index (κ2) is 3.85. The summed E-state index contributed by atoms with van der Waals surface area (Å²) in [5.74, 6) is 0.176. The van der Waals surface area contributed by atoms with Gasteiger partial charge < -0.3 is 4.90 Å². The Kier molecular flexibility index (Phi) is 2.66. The summed E-state index contributed by atoms with van der Waals surface area (Å²) in [5.41, 5.74) is 1.37. The fourth-order valence-electron chi connectivity index (χ4n) is 2.56. The smallest absolute Gasteiger partial charge is 0.239 e. The summed E-state index contributed by atoms with van der Waals surface area (Å²) in [7, 11) is 0. The van der Waals surface area contributed by atoms with Crippen LogP contribution in [0, 0.1) is 0 Å². The van der Waals surface area contributed by atoms with E-state index in [1.165, 1.54) is 6.33 Å². The first-order chi connectivity index (χ1) is 7.71. The van der Waals surface area contributed by atoms with Gasteiger partial charge in [-0.3, -0.25) is 4.79 Å². The summed E-state index contributed by atoms with van der Waals surface area (Å²) in [6.07, 6.45) is 4.87. The zero-order valence-corrected chi connectivity index (χ0v) is 10.0. The number of carbonyl (C=O) groups is 1. The zero-order valence-electron chi connectivity index (χ0n) is 10.0. The van der Waals surface area contributed by atoms with Gasteiger partial charge in [0.2, 0.25) is 5.91 Å². The molecule has 0 aromatic carbocycles. The average Bonchev–Trinajstić information content (AvgIpc) is 2.58. The van der Waals surface area contributed by atoms with Gasteiger partial charge in [-0.2, -0.15) is 0 Å². The number of hydrogen-bond acceptors (Lipinski definition) is 3. The van der Waals surface area contributed by atoms with Crippen molar-refractivity contribution in [2.45, 2.75) is 39.0 Å². The van der Waals surface area contributed by atoms with Crippen LogP contribution in [0.1, 0.15) is 39.3 Å². The lowest BCUT2D eigenvalue weighted by Gasteiger charge is -2.24. The van der Waals surface area contributed by atoms with E-state index in [1.54, 1.807) is 11.1 Å². The van der Waals surface area contributed by atoms with Gasteiger partial charge >= 0.3 is 0 Å². The standard InChI is InChI=1S/C12H17N3O/c1-4-12(5-2)10-9(7-13-8-14-10)15(6-3)11(12)16/h7-8H,4-6H2,1-3H3. The average molecular weight is 219 g/mol. The quantitative estimate of drug-likeness (QED) is 0.780. The molecule has 2 rings (SSSR count). The molecule has 0 fully saturated rings. The molecule has 1 aliphatic rings. The third kappa shape index (κ3) is 1.19. The van der Waals surface area contributed by atoms with E-state index < -0.39 is 5.41 Å². The van der Waals surface area contributed by atoms with E-state index >= 15 is 0 Å². The maximum Gasteiger partial charge on any atom is 0.239 e. The summed E-state index contributed by atoms with van der Waals surface area (Å²) >= 11 is 0. The molecule has 4 nitrogen and oxygen atoms in total. The summed E-state index contributed by atoms with van der Waals surface area (Å²) in [6.45, 7) is 6.76. The van der Waals surface area contributed by atoms with E-state index in [1.807, 2.05) is 20.8 Å². The van der Waals surface area contributed by atoms with Crippen LogP contribution in [0.3, 0.4) is 0 Å². The Bertz CT molecular complexity index is 412. The van der Waals surface area contributed by atoms with Crippen LogP contribution in [0.2, 0.25) is 0 Å². The van der Waals surface area contributed by atoms with Crippen LogP contribution in [0.5, 0.6) is 0 Å². The van der Waals surface area contributed by atoms with Crippen LogP contribution in [-0.2, 0) is 10.2 Å². The molecule has 0 bridgehead atoms. The van der Waals surface area contributed by atoms with Crippen molar-refractivity contribution in [2.75, 3.05) is 11.4 Å². The predicted molar refractivity (Wildman–Crippen MR) is 62.3 cm³/mol. The van der Waals surface area contributed by atoms with E-state index in [9.17, 15) is 4.79 Å². The topological polar surface area (TPSA) is 46.1 Å². The monoisotopic (exact) mass is 219 g/mol. The number of fused-ring (bicyclic) bond motifs is 1. The number of carbonyl (C=O) groups excluding carboxylic acids is 1.